The zero-order chi connectivity index (χ0) is 11.5. The fourth-order valence-corrected chi connectivity index (χ4v) is 2.12. The molecule has 15 heavy (non-hydrogen) atoms. The van der Waals surface area contributed by atoms with Gasteiger partial charge in [-0.2, -0.15) is 0 Å². The second kappa shape index (κ2) is 4.66. The largest absolute Gasteiger partial charge is 0.468 e. The fourth-order valence-electron chi connectivity index (χ4n) is 1.09. The van der Waals surface area contributed by atoms with Gasteiger partial charge in [0.05, 0.1) is 7.11 Å². The molecule has 0 amide bonds. The molecule has 0 atom stereocenters. The third-order valence-corrected chi connectivity index (χ3v) is 3.11. The van der Waals surface area contributed by atoms with Crippen molar-refractivity contribution in [3.05, 3.63) is 30.1 Å². The van der Waals surface area contributed by atoms with Crippen molar-refractivity contribution in [2.75, 3.05) is 7.11 Å². The first kappa shape index (κ1) is 12.0. The summed E-state index contributed by atoms with van der Waals surface area (Å²) in [5.74, 6) is -0.685. The highest BCUT2D eigenvalue weighted by atomic mass is 32.2. The van der Waals surface area contributed by atoms with Gasteiger partial charge in [-0.05, 0) is 26.0 Å². The van der Waals surface area contributed by atoms with E-state index in [-0.39, 0.29) is 11.8 Å². The minimum absolute atomic E-state index is 0.320. The van der Waals surface area contributed by atoms with Crippen molar-refractivity contribution >= 4 is 17.7 Å². The molecule has 1 aromatic rings. The predicted octanol–water partition coefficient (Wildman–Crippen LogP) is 2.87. The van der Waals surface area contributed by atoms with Crippen molar-refractivity contribution in [3.8, 4) is 0 Å². The van der Waals surface area contributed by atoms with Crippen LogP contribution in [0.3, 0.4) is 0 Å². The van der Waals surface area contributed by atoms with Crippen LogP contribution in [0.4, 0.5) is 4.39 Å². The van der Waals surface area contributed by atoms with Gasteiger partial charge in [0.2, 0.25) is 0 Å². The van der Waals surface area contributed by atoms with Crippen LogP contribution in [0.1, 0.15) is 13.8 Å². The van der Waals surface area contributed by atoms with Crippen LogP contribution in [0.5, 0.6) is 0 Å². The molecular weight excluding hydrogens is 215 g/mol. The average molecular weight is 228 g/mol. The number of halogens is 1. The summed E-state index contributed by atoms with van der Waals surface area (Å²) in [5.41, 5.74) is 0. The van der Waals surface area contributed by atoms with Crippen molar-refractivity contribution in [2.24, 2.45) is 0 Å². The molecule has 0 saturated heterocycles. The van der Waals surface area contributed by atoms with Crippen molar-refractivity contribution < 1.29 is 13.9 Å². The van der Waals surface area contributed by atoms with Crippen LogP contribution in [-0.4, -0.2) is 17.8 Å². The molecule has 0 aliphatic carbocycles. The van der Waals surface area contributed by atoms with E-state index in [9.17, 15) is 9.18 Å². The lowest BCUT2D eigenvalue weighted by molar-refractivity contribution is -0.142. The van der Waals surface area contributed by atoms with Crippen LogP contribution in [0, 0.1) is 5.82 Å². The van der Waals surface area contributed by atoms with Crippen molar-refractivity contribution in [1.82, 2.24) is 0 Å². The molecule has 82 valence electrons. The minimum Gasteiger partial charge on any atom is -0.468 e. The van der Waals surface area contributed by atoms with Crippen LogP contribution in [0.2, 0.25) is 0 Å². The van der Waals surface area contributed by atoms with Gasteiger partial charge < -0.3 is 4.74 Å². The first-order chi connectivity index (χ1) is 6.97. The van der Waals surface area contributed by atoms with Crippen molar-refractivity contribution in [2.45, 2.75) is 23.5 Å². The average Bonchev–Trinajstić information content (AvgIpc) is 2.20. The Kier molecular flexibility index (Phi) is 3.74. The van der Waals surface area contributed by atoms with E-state index in [0.29, 0.717) is 4.90 Å². The monoisotopic (exact) mass is 228 g/mol. The standard InChI is InChI=1S/C11H13FO2S/c1-11(2,10(13)14-3)15-9-7-5-4-6-8(9)12/h4-7H,1-3H3. The van der Waals surface area contributed by atoms with Gasteiger partial charge in [0.15, 0.2) is 0 Å². The van der Waals surface area contributed by atoms with Gasteiger partial charge in [0.25, 0.3) is 0 Å². The number of rotatable bonds is 3. The van der Waals surface area contributed by atoms with E-state index in [1.165, 1.54) is 13.2 Å². The molecular formula is C11H13FO2S. The number of carbonyl (C=O) groups excluding carboxylic acids is 1. The van der Waals surface area contributed by atoms with Gasteiger partial charge in [0, 0.05) is 4.90 Å². The van der Waals surface area contributed by atoms with Gasteiger partial charge in [-0.1, -0.05) is 12.1 Å². The zero-order valence-electron chi connectivity index (χ0n) is 8.91. The highest BCUT2D eigenvalue weighted by Crippen LogP contribution is 2.34. The topological polar surface area (TPSA) is 26.3 Å². The summed E-state index contributed by atoms with van der Waals surface area (Å²) in [6.45, 7) is 3.41. The first-order valence-corrected chi connectivity index (χ1v) is 5.31. The van der Waals surface area contributed by atoms with E-state index < -0.39 is 4.75 Å². The molecule has 0 fully saturated rings. The Balaban J connectivity index is 2.86. The van der Waals surface area contributed by atoms with Gasteiger partial charge in [-0.3, -0.25) is 4.79 Å². The lowest BCUT2D eigenvalue weighted by Gasteiger charge is -2.20. The van der Waals surface area contributed by atoms with E-state index in [0.717, 1.165) is 11.8 Å². The Labute approximate surface area is 92.8 Å². The van der Waals surface area contributed by atoms with E-state index in [2.05, 4.69) is 4.74 Å². The highest BCUT2D eigenvalue weighted by Gasteiger charge is 2.30. The smallest absolute Gasteiger partial charge is 0.321 e. The third-order valence-electron chi connectivity index (χ3n) is 1.88. The molecule has 2 nitrogen and oxygen atoms in total. The molecule has 0 heterocycles. The molecule has 0 unspecified atom stereocenters. The van der Waals surface area contributed by atoms with Crippen molar-refractivity contribution in [1.29, 1.82) is 0 Å². The van der Waals surface area contributed by atoms with Crippen LogP contribution in [0.25, 0.3) is 0 Å². The SMILES string of the molecule is COC(=O)C(C)(C)Sc1ccccc1F. The summed E-state index contributed by atoms with van der Waals surface area (Å²) >= 11 is 1.16. The van der Waals surface area contributed by atoms with Gasteiger partial charge in [-0.15, -0.1) is 11.8 Å². The molecule has 0 aliphatic heterocycles. The second-order valence-electron chi connectivity index (χ2n) is 3.53. The molecule has 0 bridgehead atoms. The Bertz CT molecular complexity index is 363. The quantitative estimate of drug-likeness (QED) is 0.588. The highest BCUT2D eigenvalue weighted by molar-refractivity contribution is 8.01. The number of hydrogen-bond donors (Lipinski definition) is 0. The van der Waals surface area contributed by atoms with Gasteiger partial charge >= 0.3 is 5.97 Å². The number of esters is 1. The van der Waals surface area contributed by atoms with Crippen LogP contribution < -0.4 is 0 Å². The number of hydrogen-bond acceptors (Lipinski definition) is 3. The summed E-state index contributed by atoms with van der Waals surface area (Å²) in [6, 6.07) is 6.36. The number of benzene rings is 1. The molecule has 1 aromatic carbocycles. The summed E-state index contributed by atoms with van der Waals surface area (Å²) in [7, 11) is 1.33. The number of carbonyl (C=O) groups is 1. The maximum atomic E-state index is 13.3. The number of thioether (sulfide) groups is 1. The van der Waals surface area contributed by atoms with Gasteiger partial charge in [0.1, 0.15) is 10.6 Å². The maximum Gasteiger partial charge on any atom is 0.321 e. The minimum atomic E-state index is -0.781. The molecule has 0 radical (unpaired) electrons. The number of methoxy groups -OCH3 is 1. The Morgan fingerprint density at radius 3 is 2.53 bits per heavy atom. The summed E-state index contributed by atoms with van der Waals surface area (Å²) in [4.78, 5) is 11.8. The van der Waals surface area contributed by atoms with Crippen LogP contribution in [-0.2, 0) is 9.53 Å². The maximum absolute atomic E-state index is 13.3. The second-order valence-corrected chi connectivity index (χ2v) is 5.20. The Morgan fingerprint density at radius 1 is 1.40 bits per heavy atom. The van der Waals surface area contributed by atoms with E-state index in [1.54, 1.807) is 32.0 Å². The molecule has 0 aliphatic rings. The Morgan fingerprint density at radius 2 is 2.00 bits per heavy atom. The molecule has 0 spiro atoms. The van der Waals surface area contributed by atoms with Crippen LogP contribution in [0.15, 0.2) is 29.2 Å². The predicted molar refractivity (Wildman–Crippen MR) is 58.4 cm³/mol. The lowest BCUT2D eigenvalue weighted by atomic mass is 10.2. The van der Waals surface area contributed by atoms with Crippen molar-refractivity contribution in [3.63, 3.8) is 0 Å². The fraction of sp³-hybridized carbons (Fsp3) is 0.364. The molecule has 1 rings (SSSR count). The normalized spacial score (nSPS) is 11.2. The van der Waals surface area contributed by atoms with E-state index >= 15 is 0 Å². The number of ether oxygens (including phenoxy) is 1. The summed E-state index contributed by atoms with van der Waals surface area (Å²) in [6.07, 6.45) is 0. The van der Waals surface area contributed by atoms with Crippen LogP contribution >= 0.6 is 11.8 Å². The molecule has 0 aromatic heterocycles. The lowest BCUT2D eigenvalue weighted by Crippen LogP contribution is -2.29. The summed E-state index contributed by atoms with van der Waals surface area (Å²) < 4.78 is 17.2. The first-order valence-electron chi connectivity index (χ1n) is 4.49. The van der Waals surface area contributed by atoms with Gasteiger partial charge in [-0.25, -0.2) is 4.39 Å². The van der Waals surface area contributed by atoms with E-state index in [4.69, 9.17) is 0 Å². The third kappa shape index (κ3) is 2.96. The summed E-state index contributed by atoms with van der Waals surface area (Å²) in [5, 5.41) is 0. The van der Waals surface area contributed by atoms with E-state index in [1.807, 2.05) is 0 Å². The zero-order valence-corrected chi connectivity index (χ0v) is 9.73. The molecule has 0 saturated carbocycles. The molecule has 4 heteroatoms. The molecule has 0 N–H and O–H groups in total. The Hall–Kier alpha value is -1.03.